The molecule has 58 valence electrons. The highest BCUT2D eigenvalue weighted by molar-refractivity contribution is 4.92. The Morgan fingerprint density at radius 2 is 2.20 bits per heavy atom. The van der Waals surface area contributed by atoms with Crippen LogP contribution in [0.3, 0.4) is 0 Å². The van der Waals surface area contributed by atoms with Gasteiger partial charge in [0.15, 0.2) is 0 Å². The van der Waals surface area contributed by atoms with Crippen molar-refractivity contribution in [3.05, 3.63) is 0 Å². The van der Waals surface area contributed by atoms with Gasteiger partial charge in [-0.15, -0.1) is 0 Å². The molecule has 3 atom stereocenters. The summed E-state index contributed by atoms with van der Waals surface area (Å²) in [6.07, 6.45) is 9.17. The molecule has 0 aliphatic heterocycles. The topological polar surface area (TPSA) is 0 Å². The van der Waals surface area contributed by atoms with E-state index in [0.717, 1.165) is 5.92 Å². The summed E-state index contributed by atoms with van der Waals surface area (Å²) in [6, 6.07) is 0. The zero-order chi connectivity index (χ0) is 6.97. The first-order valence-electron chi connectivity index (χ1n) is 4.92. The van der Waals surface area contributed by atoms with Crippen molar-refractivity contribution in [2.75, 3.05) is 0 Å². The average molecular weight is 138 g/mol. The van der Waals surface area contributed by atoms with Gasteiger partial charge in [0, 0.05) is 0 Å². The van der Waals surface area contributed by atoms with E-state index in [1.807, 2.05) is 0 Å². The molecule has 0 amide bonds. The maximum atomic E-state index is 2.32. The van der Waals surface area contributed by atoms with Crippen molar-refractivity contribution in [2.45, 2.75) is 45.4 Å². The van der Waals surface area contributed by atoms with Crippen LogP contribution in [0, 0.1) is 17.8 Å². The zero-order valence-corrected chi connectivity index (χ0v) is 6.97. The number of fused-ring (bicyclic) bond motifs is 1. The molecular weight excluding hydrogens is 120 g/mol. The SMILES string of the molecule is CCCC1CC2CCCC12. The minimum absolute atomic E-state index is 1.15. The Morgan fingerprint density at radius 3 is 2.90 bits per heavy atom. The van der Waals surface area contributed by atoms with Crippen LogP contribution in [0.2, 0.25) is 0 Å². The lowest BCUT2D eigenvalue weighted by atomic mass is 9.65. The van der Waals surface area contributed by atoms with Crippen molar-refractivity contribution in [3.8, 4) is 0 Å². The third-order valence-corrected chi connectivity index (χ3v) is 3.59. The van der Waals surface area contributed by atoms with E-state index in [0.29, 0.717) is 0 Å². The minimum atomic E-state index is 1.15. The molecule has 0 heteroatoms. The maximum absolute atomic E-state index is 2.32. The summed E-state index contributed by atoms with van der Waals surface area (Å²) in [6.45, 7) is 2.32. The largest absolute Gasteiger partial charge is 0.0654 e. The van der Waals surface area contributed by atoms with E-state index in [1.54, 1.807) is 19.3 Å². The van der Waals surface area contributed by atoms with Crippen LogP contribution in [0.4, 0.5) is 0 Å². The highest BCUT2D eigenvalue weighted by Gasteiger charge is 2.42. The molecule has 0 aromatic carbocycles. The highest BCUT2D eigenvalue weighted by Crippen LogP contribution is 2.52. The Balaban J connectivity index is 1.83. The van der Waals surface area contributed by atoms with Crippen LogP contribution < -0.4 is 0 Å². The van der Waals surface area contributed by atoms with Gasteiger partial charge in [0.05, 0.1) is 0 Å². The van der Waals surface area contributed by atoms with Crippen LogP contribution in [-0.2, 0) is 0 Å². The van der Waals surface area contributed by atoms with E-state index in [-0.39, 0.29) is 0 Å². The Bertz CT molecular complexity index is 117. The normalized spacial score (nSPS) is 44.7. The first-order valence-corrected chi connectivity index (χ1v) is 4.92. The van der Waals surface area contributed by atoms with Crippen molar-refractivity contribution in [1.29, 1.82) is 0 Å². The van der Waals surface area contributed by atoms with Crippen molar-refractivity contribution in [1.82, 2.24) is 0 Å². The van der Waals surface area contributed by atoms with E-state index in [1.165, 1.54) is 31.1 Å². The molecule has 0 N–H and O–H groups in total. The second-order valence-electron chi connectivity index (χ2n) is 4.14. The van der Waals surface area contributed by atoms with Crippen LogP contribution in [0.1, 0.15) is 45.4 Å². The molecule has 2 fully saturated rings. The summed E-state index contributed by atoms with van der Waals surface area (Å²) in [5, 5.41) is 0. The number of hydrogen-bond donors (Lipinski definition) is 0. The van der Waals surface area contributed by atoms with Gasteiger partial charge in [0.25, 0.3) is 0 Å². The predicted octanol–water partition coefficient (Wildman–Crippen LogP) is 3.22. The fourth-order valence-electron chi connectivity index (χ4n) is 3.05. The monoisotopic (exact) mass is 138 g/mol. The summed E-state index contributed by atoms with van der Waals surface area (Å²) in [5.41, 5.74) is 0. The molecule has 0 bridgehead atoms. The van der Waals surface area contributed by atoms with Gasteiger partial charge in [-0.25, -0.2) is 0 Å². The average Bonchev–Trinajstić information content (AvgIpc) is 2.26. The van der Waals surface area contributed by atoms with Crippen LogP contribution in [-0.4, -0.2) is 0 Å². The van der Waals surface area contributed by atoms with Gasteiger partial charge in [-0.2, -0.15) is 0 Å². The van der Waals surface area contributed by atoms with Crippen LogP contribution in [0.5, 0.6) is 0 Å². The smallest absolute Gasteiger partial charge is 0.0357 e. The van der Waals surface area contributed by atoms with Gasteiger partial charge in [0.1, 0.15) is 0 Å². The van der Waals surface area contributed by atoms with Gasteiger partial charge in [-0.05, 0) is 30.6 Å². The predicted molar refractivity (Wildman–Crippen MR) is 43.8 cm³/mol. The molecule has 0 aromatic heterocycles. The summed E-state index contributed by atoms with van der Waals surface area (Å²) >= 11 is 0. The lowest BCUT2D eigenvalue weighted by Gasteiger charge is -2.40. The molecule has 0 spiro atoms. The number of rotatable bonds is 2. The quantitative estimate of drug-likeness (QED) is 0.549. The molecule has 3 unspecified atom stereocenters. The van der Waals surface area contributed by atoms with Crippen LogP contribution in [0.25, 0.3) is 0 Å². The van der Waals surface area contributed by atoms with E-state index in [2.05, 4.69) is 6.92 Å². The fourth-order valence-corrected chi connectivity index (χ4v) is 3.05. The lowest BCUT2D eigenvalue weighted by molar-refractivity contribution is 0.0943. The van der Waals surface area contributed by atoms with E-state index in [4.69, 9.17) is 0 Å². The van der Waals surface area contributed by atoms with Crippen molar-refractivity contribution >= 4 is 0 Å². The Kier molecular flexibility index (Phi) is 1.71. The maximum Gasteiger partial charge on any atom is -0.0357 e. The summed E-state index contributed by atoms with van der Waals surface area (Å²) < 4.78 is 0. The molecule has 2 saturated carbocycles. The first-order chi connectivity index (χ1) is 4.92. The molecule has 2 aliphatic rings. The van der Waals surface area contributed by atoms with Gasteiger partial charge < -0.3 is 0 Å². The summed E-state index contributed by atoms with van der Waals surface area (Å²) in [7, 11) is 0. The molecular formula is C10H18. The molecule has 2 aliphatic carbocycles. The molecule has 2 rings (SSSR count). The lowest BCUT2D eigenvalue weighted by Crippen LogP contribution is -2.32. The molecule has 10 heavy (non-hydrogen) atoms. The number of hydrogen-bond acceptors (Lipinski definition) is 0. The Morgan fingerprint density at radius 1 is 1.30 bits per heavy atom. The molecule has 0 saturated heterocycles. The molecule has 0 nitrogen and oxygen atoms in total. The van der Waals surface area contributed by atoms with Gasteiger partial charge in [0.2, 0.25) is 0 Å². The Hall–Kier alpha value is 0. The van der Waals surface area contributed by atoms with Gasteiger partial charge in [-0.1, -0.05) is 32.6 Å². The third kappa shape index (κ3) is 0.889. The standard InChI is InChI=1S/C10H18/c1-2-4-8-7-9-5-3-6-10(8)9/h8-10H,2-7H2,1H3. The van der Waals surface area contributed by atoms with E-state index >= 15 is 0 Å². The highest BCUT2D eigenvalue weighted by atomic mass is 14.5. The van der Waals surface area contributed by atoms with E-state index in [9.17, 15) is 0 Å². The van der Waals surface area contributed by atoms with E-state index < -0.39 is 0 Å². The van der Waals surface area contributed by atoms with Crippen LogP contribution in [0.15, 0.2) is 0 Å². The van der Waals surface area contributed by atoms with Gasteiger partial charge in [-0.3, -0.25) is 0 Å². The summed E-state index contributed by atoms with van der Waals surface area (Å²) in [5.74, 6) is 3.51. The van der Waals surface area contributed by atoms with Crippen LogP contribution >= 0.6 is 0 Å². The third-order valence-electron chi connectivity index (χ3n) is 3.59. The second kappa shape index (κ2) is 2.56. The first kappa shape index (κ1) is 6.69. The van der Waals surface area contributed by atoms with Crippen molar-refractivity contribution in [3.63, 3.8) is 0 Å². The zero-order valence-electron chi connectivity index (χ0n) is 6.97. The van der Waals surface area contributed by atoms with Crippen molar-refractivity contribution in [2.24, 2.45) is 17.8 Å². The van der Waals surface area contributed by atoms with Gasteiger partial charge >= 0.3 is 0 Å². The molecule has 0 heterocycles. The fraction of sp³-hybridized carbons (Fsp3) is 1.00. The Labute approximate surface area is 64.0 Å². The van der Waals surface area contributed by atoms with Crippen molar-refractivity contribution < 1.29 is 0 Å². The molecule has 0 aromatic rings. The molecule has 0 radical (unpaired) electrons. The summed E-state index contributed by atoms with van der Waals surface area (Å²) in [4.78, 5) is 0. The second-order valence-corrected chi connectivity index (χ2v) is 4.14. The minimum Gasteiger partial charge on any atom is -0.0654 e.